The highest BCUT2D eigenvalue weighted by molar-refractivity contribution is 7.25. The van der Waals surface area contributed by atoms with E-state index < -0.39 is 0 Å². The molecule has 0 saturated carbocycles. The van der Waals surface area contributed by atoms with Crippen molar-refractivity contribution in [1.82, 2.24) is 0 Å². The van der Waals surface area contributed by atoms with Gasteiger partial charge in [-0.25, -0.2) is 0 Å². The lowest BCUT2D eigenvalue weighted by molar-refractivity contribution is 0.633. The summed E-state index contributed by atoms with van der Waals surface area (Å²) in [4.78, 5) is 24.3. The summed E-state index contributed by atoms with van der Waals surface area (Å²) in [5.41, 5.74) is 18.1. The SMILES string of the molecule is CN1c2cccc3c2B2c4c1cccc4N1c4cc(cc(c42)N3C)N2c3ccccc3C(C)(C)c3ccc4c(=O)c5cccc1c5sc4c32. The highest BCUT2D eigenvalue weighted by Crippen LogP contribution is 2.58. The molecule has 49 heavy (non-hydrogen) atoms. The third kappa shape index (κ3) is 2.84. The molecule has 6 heterocycles. The Labute approximate surface area is 287 Å². The lowest BCUT2D eigenvalue weighted by Gasteiger charge is -2.49. The maximum atomic E-state index is 14.6. The van der Waals surface area contributed by atoms with Gasteiger partial charge in [0.2, 0.25) is 0 Å². The zero-order chi connectivity index (χ0) is 32.7. The Kier molecular flexibility index (Phi) is 4.51. The maximum Gasteiger partial charge on any atom is 0.257 e. The Morgan fingerprint density at radius 2 is 1.14 bits per heavy atom. The standard InChI is InChI=1S/C42H29BN4OS/c1-42(2)25-11-5-6-12-27(25)46-22-20-33-37-34(21-22)47(32-17-7-10-23-39(48)24-18-19-26(42)38(46)41(24)49-40(23)32)31-16-9-15-30-36(31)43(37)35-28(44(30)3)13-8-14-29(35)45(33)4/h5-21H,1-4H3. The first-order valence-electron chi connectivity index (χ1n) is 17.0. The number of benzene rings is 6. The second kappa shape index (κ2) is 8.36. The van der Waals surface area contributed by atoms with E-state index in [9.17, 15) is 4.79 Å². The predicted molar refractivity (Wildman–Crippen MR) is 208 cm³/mol. The molecular weight excluding hydrogens is 619 g/mol. The highest BCUT2D eigenvalue weighted by atomic mass is 32.1. The van der Waals surface area contributed by atoms with E-state index in [4.69, 9.17) is 0 Å². The van der Waals surface area contributed by atoms with Crippen LogP contribution in [-0.2, 0) is 5.41 Å². The van der Waals surface area contributed by atoms with Crippen molar-refractivity contribution in [2.45, 2.75) is 19.3 Å². The molecule has 4 bridgehead atoms. The van der Waals surface area contributed by atoms with Crippen LogP contribution in [0.25, 0.3) is 20.2 Å². The second-order valence-electron chi connectivity index (χ2n) is 14.6. The van der Waals surface area contributed by atoms with E-state index in [1.165, 1.54) is 67.3 Å². The Morgan fingerprint density at radius 3 is 1.94 bits per heavy atom. The number of anilines is 10. The van der Waals surface area contributed by atoms with Gasteiger partial charge >= 0.3 is 0 Å². The van der Waals surface area contributed by atoms with Crippen molar-refractivity contribution < 1.29 is 0 Å². The van der Waals surface area contributed by atoms with Gasteiger partial charge in [-0.2, -0.15) is 0 Å². The number of fused-ring (bicyclic) bond motifs is 6. The normalized spacial score (nSPS) is 16.2. The molecule has 0 N–H and O–H groups in total. The lowest BCUT2D eigenvalue weighted by Crippen LogP contribution is -2.65. The first kappa shape index (κ1) is 26.4. The molecule has 7 heteroatoms. The molecule has 232 valence electrons. The van der Waals surface area contributed by atoms with E-state index in [0.29, 0.717) is 0 Å². The summed E-state index contributed by atoms with van der Waals surface area (Å²) in [5.74, 6) is 0. The first-order chi connectivity index (χ1) is 23.8. The summed E-state index contributed by atoms with van der Waals surface area (Å²) in [5, 5.41) is 1.56. The number of hydrogen-bond acceptors (Lipinski definition) is 6. The van der Waals surface area contributed by atoms with Crippen molar-refractivity contribution in [1.29, 1.82) is 0 Å². The van der Waals surface area contributed by atoms with Crippen LogP contribution in [0.15, 0.2) is 108 Å². The lowest BCUT2D eigenvalue weighted by atomic mass is 9.32. The number of nitrogens with zero attached hydrogens (tertiary/aromatic N) is 4. The highest BCUT2D eigenvalue weighted by Gasteiger charge is 2.49. The fourth-order valence-corrected chi connectivity index (χ4v) is 11.2. The van der Waals surface area contributed by atoms with Gasteiger partial charge in [-0.3, -0.25) is 4.79 Å². The molecule has 0 amide bonds. The fraction of sp³-hybridized carbons (Fsp3) is 0.119. The Hall–Kier alpha value is -5.53. The molecule has 0 aliphatic carbocycles. The van der Waals surface area contributed by atoms with Gasteiger partial charge in [-0.15, -0.1) is 11.3 Å². The number of hydrogen-bond donors (Lipinski definition) is 0. The van der Waals surface area contributed by atoms with Crippen LogP contribution in [-0.4, -0.2) is 20.8 Å². The van der Waals surface area contributed by atoms with Crippen LogP contribution in [0, 0.1) is 0 Å². The van der Waals surface area contributed by atoms with Crippen molar-refractivity contribution in [2.24, 2.45) is 0 Å². The average Bonchev–Trinajstić information content (AvgIpc) is 3.12. The van der Waals surface area contributed by atoms with Crippen molar-refractivity contribution in [2.75, 3.05) is 33.7 Å². The quantitative estimate of drug-likeness (QED) is 0.122. The molecule has 0 unspecified atom stereocenters. The van der Waals surface area contributed by atoms with Gasteiger partial charge in [0.25, 0.3) is 6.71 Å². The van der Waals surface area contributed by atoms with Crippen LogP contribution in [0.3, 0.4) is 0 Å². The number of rotatable bonds is 0. The monoisotopic (exact) mass is 648 g/mol. The van der Waals surface area contributed by atoms with Gasteiger partial charge < -0.3 is 19.6 Å². The third-order valence-corrected chi connectivity index (χ3v) is 13.3. The van der Waals surface area contributed by atoms with Crippen LogP contribution in [0.4, 0.5) is 56.9 Å². The third-order valence-electron chi connectivity index (χ3n) is 12.1. The molecule has 6 aromatic carbocycles. The van der Waals surface area contributed by atoms with E-state index >= 15 is 0 Å². The van der Waals surface area contributed by atoms with Crippen LogP contribution in [0.2, 0.25) is 0 Å². The molecule has 0 saturated heterocycles. The zero-order valence-corrected chi connectivity index (χ0v) is 28.3. The van der Waals surface area contributed by atoms with E-state index in [1.54, 1.807) is 11.3 Å². The van der Waals surface area contributed by atoms with Crippen LogP contribution in [0.5, 0.6) is 0 Å². The minimum atomic E-state index is -0.255. The second-order valence-corrected chi connectivity index (χ2v) is 15.6. The first-order valence-corrected chi connectivity index (χ1v) is 17.8. The molecule has 5 aliphatic rings. The molecule has 5 nitrogen and oxygen atoms in total. The van der Waals surface area contributed by atoms with E-state index in [0.717, 1.165) is 37.2 Å². The summed E-state index contributed by atoms with van der Waals surface area (Å²) in [7, 11) is 4.42. The number of para-hydroxylation sites is 1. The summed E-state index contributed by atoms with van der Waals surface area (Å²) < 4.78 is 2.07. The van der Waals surface area contributed by atoms with Crippen molar-refractivity contribution in [3.8, 4) is 0 Å². The van der Waals surface area contributed by atoms with Crippen LogP contribution < -0.4 is 41.4 Å². The molecular formula is C42H29BN4OS. The molecule has 7 aromatic rings. The van der Waals surface area contributed by atoms with Gasteiger partial charge in [0.15, 0.2) is 5.43 Å². The fourth-order valence-electron chi connectivity index (χ4n) is 9.87. The zero-order valence-electron chi connectivity index (χ0n) is 27.5. The van der Waals surface area contributed by atoms with Gasteiger partial charge in [-0.1, -0.05) is 56.3 Å². The van der Waals surface area contributed by atoms with Gasteiger partial charge in [0.05, 0.1) is 32.1 Å². The molecule has 12 rings (SSSR count). The molecule has 0 radical (unpaired) electrons. The van der Waals surface area contributed by atoms with Gasteiger partial charge in [0.1, 0.15) is 0 Å². The molecule has 5 aliphatic heterocycles. The summed E-state index contributed by atoms with van der Waals surface area (Å²) in [6.45, 7) is 4.74. The summed E-state index contributed by atoms with van der Waals surface area (Å²) >= 11 is 1.77. The molecule has 0 spiro atoms. The Morgan fingerprint density at radius 1 is 0.551 bits per heavy atom. The van der Waals surface area contributed by atoms with E-state index in [2.05, 4.69) is 145 Å². The molecule has 0 fully saturated rings. The van der Waals surface area contributed by atoms with Crippen molar-refractivity contribution in [3.05, 3.63) is 124 Å². The topological polar surface area (TPSA) is 30.0 Å². The van der Waals surface area contributed by atoms with E-state index in [-0.39, 0.29) is 17.6 Å². The summed E-state index contributed by atoms with van der Waals surface area (Å²) in [6.07, 6.45) is 0. The maximum absolute atomic E-state index is 14.6. The molecule has 1 aromatic heterocycles. The van der Waals surface area contributed by atoms with E-state index in [1.807, 2.05) is 6.07 Å². The largest absolute Gasteiger partial charge is 0.345 e. The van der Waals surface area contributed by atoms with Crippen molar-refractivity contribution in [3.63, 3.8) is 0 Å². The Balaban J connectivity index is 1.34. The van der Waals surface area contributed by atoms with Crippen LogP contribution in [0.1, 0.15) is 25.0 Å². The summed E-state index contributed by atoms with van der Waals surface area (Å²) in [6, 6.07) is 37.8. The smallest absolute Gasteiger partial charge is 0.257 e. The minimum Gasteiger partial charge on any atom is -0.345 e. The molecule has 0 atom stereocenters. The van der Waals surface area contributed by atoms with Gasteiger partial charge in [0, 0.05) is 64.4 Å². The van der Waals surface area contributed by atoms with Crippen LogP contribution >= 0.6 is 11.3 Å². The Bertz CT molecular complexity index is 2800. The average molecular weight is 649 g/mol. The van der Waals surface area contributed by atoms with Gasteiger partial charge in [-0.05, 0) is 88.2 Å². The minimum absolute atomic E-state index is 0.0962. The van der Waals surface area contributed by atoms with Crippen molar-refractivity contribution >= 4 is 111 Å². The predicted octanol–water partition coefficient (Wildman–Crippen LogP) is 8.30.